The van der Waals surface area contributed by atoms with Gasteiger partial charge in [-0.15, -0.1) is 0 Å². The van der Waals surface area contributed by atoms with E-state index >= 15 is 0 Å². The van der Waals surface area contributed by atoms with Crippen LogP contribution in [0.4, 0.5) is 0 Å². The highest BCUT2D eigenvalue weighted by Crippen LogP contribution is 2.34. The van der Waals surface area contributed by atoms with Crippen molar-refractivity contribution in [2.24, 2.45) is 14.1 Å². The van der Waals surface area contributed by atoms with E-state index in [1.807, 2.05) is 30.3 Å². The second-order valence-electron chi connectivity index (χ2n) is 4.87. The Bertz CT molecular complexity index is 863. The number of aromatic nitrogens is 2. The van der Waals surface area contributed by atoms with Crippen molar-refractivity contribution in [1.29, 1.82) is 0 Å². The predicted octanol–water partition coefficient (Wildman–Crippen LogP) is 1.78. The average molecular weight is 349 g/mol. The molecule has 2 aromatic rings. The van der Waals surface area contributed by atoms with Crippen molar-refractivity contribution in [3.63, 3.8) is 0 Å². The molecule has 0 saturated carbocycles. The van der Waals surface area contributed by atoms with E-state index in [1.54, 1.807) is 7.05 Å². The van der Waals surface area contributed by atoms with Crippen LogP contribution in [0, 0.1) is 0 Å². The summed E-state index contributed by atoms with van der Waals surface area (Å²) in [6.07, 6.45) is 0.403. The van der Waals surface area contributed by atoms with Gasteiger partial charge < -0.3 is 4.74 Å². The molecular weight excluding hydrogens is 336 g/mol. The number of fused-ring (bicyclic) bond motifs is 1. The first-order valence-corrected chi connectivity index (χ1v) is 7.21. The predicted molar refractivity (Wildman–Crippen MR) is 83.5 cm³/mol. The fraction of sp³-hybridized carbons (Fsp3) is 0.200. The van der Waals surface area contributed by atoms with E-state index in [9.17, 15) is 9.59 Å². The van der Waals surface area contributed by atoms with Crippen molar-refractivity contribution < 1.29 is 4.74 Å². The van der Waals surface area contributed by atoms with Gasteiger partial charge in [0.25, 0.3) is 5.56 Å². The lowest BCUT2D eigenvalue weighted by atomic mass is 10.1. The van der Waals surface area contributed by atoms with Crippen LogP contribution in [0.3, 0.4) is 0 Å². The number of ether oxygens (including phenoxy) is 1. The van der Waals surface area contributed by atoms with Gasteiger partial charge in [0.05, 0.1) is 5.56 Å². The largest absolute Gasteiger partial charge is 0.439 e. The zero-order chi connectivity index (χ0) is 15.1. The maximum atomic E-state index is 12.2. The standard InChI is InChI=1S/C15H13BrN2O3/c1-17-13(19)10-8-11(16)12(9-6-4-3-5-7-9)21-14(10)18(2)15(17)20/h3-7H,8H2,1-2H3. The molecule has 6 heteroatoms. The van der Waals surface area contributed by atoms with Crippen molar-refractivity contribution in [1.82, 2.24) is 9.13 Å². The molecule has 1 aliphatic rings. The Kier molecular flexibility index (Phi) is 3.33. The lowest BCUT2D eigenvalue weighted by Crippen LogP contribution is -2.40. The molecule has 0 aliphatic carbocycles. The molecule has 0 fully saturated rings. The van der Waals surface area contributed by atoms with Gasteiger partial charge in [-0.3, -0.25) is 13.9 Å². The lowest BCUT2D eigenvalue weighted by molar-refractivity contribution is 0.429. The van der Waals surface area contributed by atoms with Crippen LogP contribution in [0.2, 0.25) is 0 Å². The van der Waals surface area contributed by atoms with Crippen LogP contribution in [0.15, 0.2) is 44.4 Å². The summed E-state index contributed by atoms with van der Waals surface area (Å²) in [4.78, 5) is 24.2. The van der Waals surface area contributed by atoms with Crippen LogP contribution in [-0.2, 0) is 20.5 Å². The first-order chi connectivity index (χ1) is 10.0. The monoisotopic (exact) mass is 348 g/mol. The van der Waals surface area contributed by atoms with Crippen molar-refractivity contribution in [2.75, 3.05) is 0 Å². The molecular formula is C15H13BrN2O3. The Morgan fingerprint density at radius 3 is 2.43 bits per heavy atom. The summed E-state index contributed by atoms with van der Waals surface area (Å²) in [5.41, 5.74) is 0.649. The molecule has 108 valence electrons. The van der Waals surface area contributed by atoms with Crippen LogP contribution in [0.25, 0.3) is 5.76 Å². The quantitative estimate of drug-likeness (QED) is 0.789. The fourth-order valence-corrected chi connectivity index (χ4v) is 2.96. The topological polar surface area (TPSA) is 53.2 Å². The van der Waals surface area contributed by atoms with Crippen molar-refractivity contribution in [3.8, 4) is 5.88 Å². The molecule has 0 radical (unpaired) electrons. The molecule has 1 aromatic carbocycles. The minimum atomic E-state index is -0.399. The van der Waals surface area contributed by atoms with Crippen molar-refractivity contribution in [3.05, 3.63) is 66.8 Å². The number of benzene rings is 1. The lowest BCUT2D eigenvalue weighted by Gasteiger charge is -2.22. The Morgan fingerprint density at radius 1 is 1.10 bits per heavy atom. The summed E-state index contributed by atoms with van der Waals surface area (Å²) in [5, 5.41) is 0. The average Bonchev–Trinajstić information content (AvgIpc) is 2.51. The number of rotatable bonds is 1. The van der Waals surface area contributed by atoms with Crippen molar-refractivity contribution in [2.45, 2.75) is 6.42 Å². The van der Waals surface area contributed by atoms with Crippen LogP contribution in [0.5, 0.6) is 5.88 Å². The summed E-state index contributed by atoms with van der Waals surface area (Å²) in [7, 11) is 3.07. The molecule has 5 nitrogen and oxygen atoms in total. The Labute approximate surface area is 129 Å². The van der Waals surface area contributed by atoms with Gasteiger partial charge in [-0.05, 0) is 0 Å². The maximum Gasteiger partial charge on any atom is 0.333 e. The van der Waals surface area contributed by atoms with Gasteiger partial charge in [-0.2, -0.15) is 0 Å². The minimum Gasteiger partial charge on any atom is -0.439 e. The summed E-state index contributed by atoms with van der Waals surface area (Å²) in [5.74, 6) is 0.941. The zero-order valence-electron chi connectivity index (χ0n) is 11.6. The molecule has 0 N–H and O–H groups in total. The fourth-order valence-electron chi connectivity index (χ4n) is 2.37. The smallest absolute Gasteiger partial charge is 0.333 e. The molecule has 0 amide bonds. The summed E-state index contributed by atoms with van der Waals surface area (Å²) < 4.78 is 9.10. The van der Waals surface area contributed by atoms with Crippen LogP contribution in [0.1, 0.15) is 11.1 Å². The van der Waals surface area contributed by atoms with Gasteiger partial charge in [0.15, 0.2) is 0 Å². The summed E-state index contributed by atoms with van der Waals surface area (Å²) in [6, 6.07) is 9.57. The second kappa shape index (κ2) is 5.04. The zero-order valence-corrected chi connectivity index (χ0v) is 13.2. The molecule has 0 bridgehead atoms. The summed E-state index contributed by atoms with van der Waals surface area (Å²) in [6.45, 7) is 0. The van der Waals surface area contributed by atoms with E-state index in [0.29, 0.717) is 23.6 Å². The third kappa shape index (κ3) is 2.15. The van der Waals surface area contributed by atoms with Crippen LogP contribution >= 0.6 is 15.9 Å². The van der Waals surface area contributed by atoms with E-state index < -0.39 is 5.69 Å². The van der Waals surface area contributed by atoms with Crippen LogP contribution < -0.4 is 16.0 Å². The number of nitrogens with zero attached hydrogens (tertiary/aromatic N) is 2. The van der Waals surface area contributed by atoms with Gasteiger partial charge in [0.1, 0.15) is 5.76 Å². The van der Waals surface area contributed by atoms with E-state index in [-0.39, 0.29) is 5.56 Å². The molecule has 21 heavy (non-hydrogen) atoms. The first-order valence-electron chi connectivity index (χ1n) is 6.41. The Hall–Kier alpha value is -2.08. The Morgan fingerprint density at radius 2 is 1.76 bits per heavy atom. The highest BCUT2D eigenvalue weighted by atomic mass is 79.9. The van der Waals surface area contributed by atoms with E-state index in [0.717, 1.165) is 14.6 Å². The molecule has 0 unspecified atom stereocenters. The normalized spacial score (nSPS) is 13.9. The molecule has 3 rings (SSSR count). The van der Waals surface area contributed by atoms with E-state index in [4.69, 9.17) is 4.74 Å². The number of allylic oxidation sites excluding steroid dienone is 1. The summed E-state index contributed by atoms with van der Waals surface area (Å²) >= 11 is 3.48. The number of halogens is 1. The van der Waals surface area contributed by atoms with Crippen molar-refractivity contribution >= 4 is 21.7 Å². The number of hydrogen-bond acceptors (Lipinski definition) is 3. The molecule has 2 heterocycles. The molecule has 1 aliphatic heterocycles. The first kappa shape index (κ1) is 13.9. The third-order valence-electron chi connectivity index (χ3n) is 3.51. The second-order valence-corrected chi connectivity index (χ2v) is 5.83. The van der Waals surface area contributed by atoms with Gasteiger partial charge >= 0.3 is 5.69 Å². The highest BCUT2D eigenvalue weighted by Gasteiger charge is 2.26. The van der Waals surface area contributed by atoms with Gasteiger partial charge in [0.2, 0.25) is 5.88 Å². The SMILES string of the molecule is Cn1c2c(c(=O)n(C)c1=O)CC(Br)=C(c1ccccc1)O2. The number of hydrogen-bond donors (Lipinski definition) is 0. The minimum absolute atomic E-state index is 0.310. The molecule has 0 atom stereocenters. The van der Waals surface area contributed by atoms with Gasteiger partial charge in [0, 0.05) is 30.6 Å². The van der Waals surface area contributed by atoms with Gasteiger partial charge in [-0.1, -0.05) is 46.3 Å². The Balaban J connectivity index is 2.20. The van der Waals surface area contributed by atoms with Gasteiger partial charge in [-0.25, -0.2) is 4.79 Å². The third-order valence-corrected chi connectivity index (χ3v) is 4.15. The molecule has 1 aromatic heterocycles. The maximum absolute atomic E-state index is 12.2. The molecule has 0 spiro atoms. The molecule has 0 saturated heterocycles. The highest BCUT2D eigenvalue weighted by molar-refractivity contribution is 9.11. The van der Waals surface area contributed by atoms with Crippen LogP contribution in [-0.4, -0.2) is 9.13 Å². The van der Waals surface area contributed by atoms with E-state index in [1.165, 1.54) is 11.6 Å². The van der Waals surface area contributed by atoms with E-state index in [2.05, 4.69) is 15.9 Å².